The van der Waals surface area contributed by atoms with Crippen molar-refractivity contribution in [1.82, 2.24) is 15.1 Å². The maximum Gasteiger partial charge on any atom is 0.236 e. The van der Waals surface area contributed by atoms with E-state index in [9.17, 15) is 4.79 Å². The number of rotatable bonds is 2. The summed E-state index contributed by atoms with van der Waals surface area (Å²) in [6, 6.07) is 0.574. The number of likely N-dealkylation sites (tertiary alicyclic amines) is 2. The summed E-state index contributed by atoms with van der Waals surface area (Å²) in [7, 11) is 0. The highest BCUT2D eigenvalue weighted by molar-refractivity contribution is 5.79. The molecule has 3 rings (SSSR count). The highest BCUT2D eigenvalue weighted by atomic mass is 16.2. The molecule has 3 fully saturated rings. The predicted octanol–water partition coefficient (Wildman–Crippen LogP) is -0.242. The molecule has 0 saturated carbocycles. The molecule has 90 valence electrons. The lowest BCUT2D eigenvalue weighted by Gasteiger charge is -2.33. The van der Waals surface area contributed by atoms with Crippen molar-refractivity contribution in [1.29, 1.82) is 0 Å². The van der Waals surface area contributed by atoms with Crippen LogP contribution >= 0.6 is 0 Å². The fraction of sp³-hybridized carbons (Fsp3) is 0.917. The van der Waals surface area contributed by atoms with Crippen LogP contribution in [0.25, 0.3) is 0 Å². The van der Waals surface area contributed by atoms with Gasteiger partial charge < -0.3 is 10.2 Å². The fourth-order valence-electron chi connectivity index (χ4n) is 3.30. The molecular weight excluding hydrogens is 202 g/mol. The van der Waals surface area contributed by atoms with Crippen molar-refractivity contribution in [2.24, 2.45) is 11.8 Å². The maximum absolute atomic E-state index is 11.9. The van der Waals surface area contributed by atoms with Crippen LogP contribution < -0.4 is 5.32 Å². The van der Waals surface area contributed by atoms with Crippen LogP contribution in [0.1, 0.15) is 13.3 Å². The van der Waals surface area contributed by atoms with Gasteiger partial charge in [0.25, 0.3) is 0 Å². The number of carbonyl (C=O) groups is 1. The monoisotopic (exact) mass is 223 g/mol. The van der Waals surface area contributed by atoms with E-state index in [0.717, 1.165) is 44.6 Å². The van der Waals surface area contributed by atoms with Gasteiger partial charge in [0.2, 0.25) is 5.91 Å². The third-order valence-corrected chi connectivity index (χ3v) is 4.60. The first-order valence-electron chi connectivity index (χ1n) is 6.48. The summed E-state index contributed by atoms with van der Waals surface area (Å²) >= 11 is 0. The quantitative estimate of drug-likeness (QED) is 0.702. The van der Waals surface area contributed by atoms with Gasteiger partial charge in [0.05, 0.1) is 6.54 Å². The Morgan fingerprint density at radius 2 is 2.19 bits per heavy atom. The fourth-order valence-corrected chi connectivity index (χ4v) is 3.30. The molecule has 0 radical (unpaired) electrons. The first-order valence-corrected chi connectivity index (χ1v) is 6.48. The molecule has 1 amide bonds. The largest absolute Gasteiger partial charge is 0.341 e. The minimum Gasteiger partial charge on any atom is -0.341 e. The SMILES string of the molecule is CC1C2CNCC2CN1CC(=O)N1CCC1. The number of hydrogen-bond donors (Lipinski definition) is 1. The first kappa shape index (κ1) is 10.5. The van der Waals surface area contributed by atoms with Crippen LogP contribution in [0.3, 0.4) is 0 Å². The lowest BCUT2D eigenvalue weighted by Crippen LogP contribution is -2.48. The molecule has 16 heavy (non-hydrogen) atoms. The van der Waals surface area contributed by atoms with E-state index in [0.29, 0.717) is 18.5 Å². The molecule has 3 aliphatic heterocycles. The molecule has 0 aromatic heterocycles. The van der Waals surface area contributed by atoms with Crippen molar-refractivity contribution < 1.29 is 4.79 Å². The second-order valence-electron chi connectivity index (χ2n) is 5.49. The average Bonchev–Trinajstić information content (AvgIpc) is 2.69. The molecule has 0 aromatic rings. The zero-order chi connectivity index (χ0) is 11.1. The zero-order valence-electron chi connectivity index (χ0n) is 9.98. The Bertz CT molecular complexity index is 290. The molecule has 4 heteroatoms. The maximum atomic E-state index is 11.9. The van der Waals surface area contributed by atoms with Crippen LogP contribution in [-0.4, -0.2) is 61.0 Å². The van der Waals surface area contributed by atoms with E-state index in [1.54, 1.807) is 0 Å². The molecular formula is C12H21N3O. The molecule has 4 nitrogen and oxygen atoms in total. The Labute approximate surface area is 97.0 Å². The third kappa shape index (κ3) is 1.64. The molecule has 0 spiro atoms. The normalized spacial score (nSPS) is 38.6. The van der Waals surface area contributed by atoms with Crippen molar-refractivity contribution >= 4 is 5.91 Å². The highest BCUT2D eigenvalue weighted by Gasteiger charge is 2.42. The standard InChI is InChI=1S/C12H21N3O/c1-9-11-6-13-5-10(11)7-15(9)8-12(16)14-3-2-4-14/h9-11,13H,2-8H2,1H3. The average molecular weight is 223 g/mol. The third-order valence-electron chi connectivity index (χ3n) is 4.60. The summed E-state index contributed by atoms with van der Waals surface area (Å²) in [6.45, 7) is 8.28. The van der Waals surface area contributed by atoms with Crippen molar-refractivity contribution in [2.45, 2.75) is 19.4 Å². The molecule has 0 aromatic carbocycles. The van der Waals surface area contributed by atoms with Gasteiger partial charge >= 0.3 is 0 Å². The van der Waals surface area contributed by atoms with E-state index < -0.39 is 0 Å². The number of nitrogens with one attached hydrogen (secondary N) is 1. The van der Waals surface area contributed by atoms with Crippen LogP contribution in [0, 0.1) is 11.8 Å². The molecule has 3 aliphatic rings. The smallest absolute Gasteiger partial charge is 0.236 e. The van der Waals surface area contributed by atoms with Gasteiger partial charge in [0, 0.05) is 25.7 Å². The number of nitrogens with zero attached hydrogens (tertiary/aromatic N) is 2. The van der Waals surface area contributed by atoms with E-state index in [2.05, 4.69) is 17.1 Å². The predicted molar refractivity (Wildman–Crippen MR) is 62.1 cm³/mol. The van der Waals surface area contributed by atoms with Crippen molar-refractivity contribution in [3.8, 4) is 0 Å². The Kier molecular flexibility index (Phi) is 2.64. The molecule has 3 atom stereocenters. The van der Waals surface area contributed by atoms with Gasteiger partial charge in [-0.25, -0.2) is 0 Å². The Morgan fingerprint density at radius 1 is 1.38 bits per heavy atom. The molecule has 3 heterocycles. The summed E-state index contributed by atoms with van der Waals surface area (Å²) in [5, 5.41) is 3.45. The van der Waals surface area contributed by atoms with Crippen LogP contribution in [-0.2, 0) is 4.79 Å². The van der Waals surface area contributed by atoms with E-state index in [4.69, 9.17) is 0 Å². The highest BCUT2D eigenvalue weighted by Crippen LogP contribution is 2.32. The minimum absolute atomic E-state index is 0.339. The summed E-state index contributed by atoms with van der Waals surface area (Å²) in [5.41, 5.74) is 0. The van der Waals surface area contributed by atoms with E-state index in [-0.39, 0.29) is 0 Å². The Hall–Kier alpha value is -0.610. The summed E-state index contributed by atoms with van der Waals surface area (Å²) in [6.07, 6.45) is 1.19. The summed E-state index contributed by atoms with van der Waals surface area (Å²) in [5.74, 6) is 1.88. The molecule has 1 N–H and O–H groups in total. The zero-order valence-corrected chi connectivity index (χ0v) is 9.98. The number of fused-ring (bicyclic) bond motifs is 1. The second-order valence-corrected chi connectivity index (χ2v) is 5.49. The lowest BCUT2D eigenvalue weighted by atomic mass is 9.95. The first-order chi connectivity index (χ1) is 7.75. The van der Waals surface area contributed by atoms with Gasteiger partial charge in [-0.3, -0.25) is 9.69 Å². The molecule has 0 aliphatic carbocycles. The van der Waals surface area contributed by atoms with Gasteiger partial charge in [-0.2, -0.15) is 0 Å². The van der Waals surface area contributed by atoms with Crippen LogP contribution in [0.5, 0.6) is 0 Å². The van der Waals surface area contributed by atoms with Gasteiger partial charge in [0.15, 0.2) is 0 Å². The Morgan fingerprint density at radius 3 is 2.81 bits per heavy atom. The summed E-state index contributed by atoms with van der Waals surface area (Å²) < 4.78 is 0. The van der Waals surface area contributed by atoms with Gasteiger partial charge in [0.1, 0.15) is 0 Å². The number of carbonyl (C=O) groups excluding carboxylic acids is 1. The van der Waals surface area contributed by atoms with E-state index in [1.165, 1.54) is 6.42 Å². The van der Waals surface area contributed by atoms with Gasteiger partial charge in [-0.15, -0.1) is 0 Å². The van der Waals surface area contributed by atoms with Gasteiger partial charge in [-0.1, -0.05) is 0 Å². The lowest BCUT2D eigenvalue weighted by molar-refractivity contribution is -0.136. The Balaban J connectivity index is 1.57. The van der Waals surface area contributed by atoms with E-state index in [1.807, 2.05) is 4.90 Å². The second kappa shape index (κ2) is 4.00. The van der Waals surface area contributed by atoms with E-state index >= 15 is 0 Å². The van der Waals surface area contributed by atoms with Crippen molar-refractivity contribution in [2.75, 3.05) is 39.3 Å². The van der Waals surface area contributed by atoms with Crippen molar-refractivity contribution in [3.63, 3.8) is 0 Å². The number of hydrogen-bond acceptors (Lipinski definition) is 3. The summed E-state index contributed by atoms with van der Waals surface area (Å²) in [4.78, 5) is 16.3. The van der Waals surface area contributed by atoms with Crippen LogP contribution in [0.2, 0.25) is 0 Å². The molecule has 3 unspecified atom stereocenters. The van der Waals surface area contributed by atoms with Crippen molar-refractivity contribution in [3.05, 3.63) is 0 Å². The minimum atomic E-state index is 0.339. The van der Waals surface area contributed by atoms with Crippen LogP contribution in [0.15, 0.2) is 0 Å². The topological polar surface area (TPSA) is 35.6 Å². The van der Waals surface area contributed by atoms with Gasteiger partial charge in [-0.05, 0) is 38.3 Å². The number of amides is 1. The molecule has 3 saturated heterocycles. The van der Waals surface area contributed by atoms with Crippen LogP contribution in [0.4, 0.5) is 0 Å². The molecule has 0 bridgehead atoms.